The summed E-state index contributed by atoms with van der Waals surface area (Å²) in [6.45, 7) is 4.25. The van der Waals surface area contributed by atoms with Gasteiger partial charge in [-0.15, -0.1) is 0 Å². The fourth-order valence-corrected chi connectivity index (χ4v) is 4.50. The number of aromatic nitrogens is 6. The number of aryl methyl sites for hydroxylation is 1. The van der Waals surface area contributed by atoms with Crippen LogP contribution in [-0.4, -0.2) is 43.2 Å². The summed E-state index contributed by atoms with van der Waals surface area (Å²) in [5.41, 5.74) is 7.98. The molecule has 0 bridgehead atoms. The van der Waals surface area contributed by atoms with E-state index in [1.54, 1.807) is 6.20 Å². The standard InChI is InChI=1S/C24H23N7/c1-15-8-9-25-13-17(15)19-12-16-20(14-26-19)29-30-22(16)24-27-18-6-5-7-21(23(18)28-24)31-10-3-2-4-11-31/h5-9,12-14H,2-4,10-11H2,1H3,(H,27,28)(H,29,30). The highest BCUT2D eigenvalue weighted by molar-refractivity contribution is 5.96. The van der Waals surface area contributed by atoms with Gasteiger partial charge in [-0.05, 0) is 56.0 Å². The minimum atomic E-state index is 0.769. The Labute approximate surface area is 179 Å². The number of H-pyrrole nitrogens is 2. The van der Waals surface area contributed by atoms with Gasteiger partial charge in [-0.3, -0.25) is 15.1 Å². The highest BCUT2D eigenvalue weighted by atomic mass is 15.2. The van der Waals surface area contributed by atoms with Crippen molar-refractivity contribution in [2.24, 2.45) is 0 Å². The van der Waals surface area contributed by atoms with E-state index >= 15 is 0 Å². The molecule has 4 aromatic heterocycles. The summed E-state index contributed by atoms with van der Waals surface area (Å²) in [7, 11) is 0. The molecule has 31 heavy (non-hydrogen) atoms. The number of para-hydroxylation sites is 1. The summed E-state index contributed by atoms with van der Waals surface area (Å²) in [5.74, 6) is 0.769. The minimum absolute atomic E-state index is 0.769. The van der Waals surface area contributed by atoms with Crippen LogP contribution < -0.4 is 4.90 Å². The van der Waals surface area contributed by atoms with Gasteiger partial charge in [0.1, 0.15) is 11.2 Å². The van der Waals surface area contributed by atoms with Crippen LogP contribution in [0.2, 0.25) is 0 Å². The van der Waals surface area contributed by atoms with Gasteiger partial charge in [0.15, 0.2) is 5.82 Å². The molecule has 1 aromatic carbocycles. The maximum absolute atomic E-state index is 4.99. The van der Waals surface area contributed by atoms with Crippen molar-refractivity contribution in [3.8, 4) is 22.8 Å². The Morgan fingerprint density at radius 1 is 1.00 bits per heavy atom. The van der Waals surface area contributed by atoms with Gasteiger partial charge in [0, 0.05) is 36.4 Å². The number of anilines is 1. The first-order valence-electron chi connectivity index (χ1n) is 10.8. The molecule has 5 heterocycles. The quantitative estimate of drug-likeness (QED) is 0.444. The van der Waals surface area contributed by atoms with E-state index in [0.717, 1.165) is 63.4 Å². The van der Waals surface area contributed by atoms with Gasteiger partial charge in [-0.25, -0.2) is 4.98 Å². The van der Waals surface area contributed by atoms with Crippen LogP contribution in [0.1, 0.15) is 24.8 Å². The van der Waals surface area contributed by atoms with Crippen LogP contribution in [0, 0.1) is 6.92 Å². The smallest absolute Gasteiger partial charge is 0.159 e. The zero-order chi connectivity index (χ0) is 20.8. The summed E-state index contributed by atoms with van der Waals surface area (Å²) in [6, 6.07) is 10.4. The number of hydrogen-bond donors (Lipinski definition) is 2. The van der Waals surface area contributed by atoms with Crippen molar-refractivity contribution < 1.29 is 0 Å². The molecule has 0 aliphatic carbocycles. The maximum atomic E-state index is 4.99. The predicted molar refractivity (Wildman–Crippen MR) is 123 cm³/mol. The second-order valence-corrected chi connectivity index (χ2v) is 8.18. The predicted octanol–water partition coefficient (Wildman–Crippen LogP) is 4.86. The Balaban J connectivity index is 1.47. The van der Waals surface area contributed by atoms with Crippen LogP contribution in [0.15, 0.2) is 48.9 Å². The number of hydrogen-bond acceptors (Lipinski definition) is 5. The van der Waals surface area contributed by atoms with E-state index in [9.17, 15) is 0 Å². The molecule has 0 atom stereocenters. The van der Waals surface area contributed by atoms with Crippen LogP contribution in [0.4, 0.5) is 5.69 Å². The van der Waals surface area contributed by atoms with Crippen molar-refractivity contribution >= 4 is 27.6 Å². The van der Waals surface area contributed by atoms with E-state index < -0.39 is 0 Å². The number of nitrogens with one attached hydrogen (secondary N) is 2. The minimum Gasteiger partial charge on any atom is -0.370 e. The van der Waals surface area contributed by atoms with Crippen molar-refractivity contribution in [3.63, 3.8) is 0 Å². The molecule has 1 aliphatic heterocycles. The molecule has 0 saturated carbocycles. The lowest BCUT2D eigenvalue weighted by Crippen LogP contribution is -2.29. The molecule has 7 nitrogen and oxygen atoms in total. The molecular formula is C24H23N7. The second kappa shape index (κ2) is 7.19. The molecule has 0 spiro atoms. The summed E-state index contributed by atoms with van der Waals surface area (Å²) in [4.78, 5) is 19.8. The zero-order valence-electron chi connectivity index (χ0n) is 17.4. The van der Waals surface area contributed by atoms with Gasteiger partial charge in [0.25, 0.3) is 0 Å². The van der Waals surface area contributed by atoms with Gasteiger partial charge in [-0.2, -0.15) is 5.10 Å². The van der Waals surface area contributed by atoms with Crippen molar-refractivity contribution in [2.75, 3.05) is 18.0 Å². The third kappa shape index (κ3) is 3.04. The monoisotopic (exact) mass is 409 g/mol. The Morgan fingerprint density at radius 3 is 2.77 bits per heavy atom. The molecule has 1 aliphatic rings. The Morgan fingerprint density at radius 2 is 1.90 bits per heavy atom. The van der Waals surface area contributed by atoms with Gasteiger partial charge >= 0.3 is 0 Å². The fraction of sp³-hybridized carbons (Fsp3) is 0.250. The first-order chi connectivity index (χ1) is 15.3. The second-order valence-electron chi connectivity index (χ2n) is 8.18. The summed E-state index contributed by atoms with van der Waals surface area (Å²) in [6.07, 6.45) is 9.27. The van der Waals surface area contributed by atoms with Crippen LogP contribution in [0.3, 0.4) is 0 Å². The van der Waals surface area contributed by atoms with Gasteiger partial charge in [0.2, 0.25) is 0 Å². The number of piperidine rings is 1. The molecule has 0 amide bonds. The van der Waals surface area contributed by atoms with E-state index in [1.807, 2.05) is 18.5 Å². The molecule has 7 heteroatoms. The lowest BCUT2D eigenvalue weighted by Gasteiger charge is -2.28. The average Bonchev–Trinajstić information content (AvgIpc) is 3.43. The first kappa shape index (κ1) is 18.1. The molecule has 2 N–H and O–H groups in total. The van der Waals surface area contributed by atoms with E-state index in [4.69, 9.17) is 4.98 Å². The van der Waals surface area contributed by atoms with E-state index in [2.05, 4.69) is 61.2 Å². The number of nitrogens with zero attached hydrogens (tertiary/aromatic N) is 5. The summed E-state index contributed by atoms with van der Waals surface area (Å²) in [5, 5.41) is 8.67. The number of rotatable bonds is 3. The van der Waals surface area contributed by atoms with Crippen molar-refractivity contribution in [1.82, 2.24) is 30.1 Å². The number of aromatic amines is 2. The third-order valence-electron chi connectivity index (χ3n) is 6.17. The topological polar surface area (TPSA) is 86.4 Å². The molecule has 6 rings (SSSR count). The Kier molecular flexibility index (Phi) is 4.19. The average molecular weight is 409 g/mol. The van der Waals surface area contributed by atoms with Crippen molar-refractivity contribution in [1.29, 1.82) is 0 Å². The summed E-state index contributed by atoms with van der Waals surface area (Å²) >= 11 is 0. The molecule has 1 saturated heterocycles. The lowest BCUT2D eigenvalue weighted by molar-refractivity contribution is 0.579. The number of imidazole rings is 1. The normalized spacial score (nSPS) is 14.5. The molecule has 0 unspecified atom stereocenters. The lowest BCUT2D eigenvalue weighted by atomic mass is 10.1. The van der Waals surface area contributed by atoms with Gasteiger partial charge in [0.05, 0.1) is 28.6 Å². The van der Waals surface area contributed by atoms with Crippen LogP contribution in [0.25, 0.3) is 44.7 Å². The summed E-state index contributed by atoms with van der Waals surface area (Å²) < 4.78 is 0. The highest BCUT2D eigenvalue weighted by Gasteiger charge is 2.19. The fourth-order valence-electron chi connectivity index (χ4n) is 4.50. The molecule has 1 fully saturated rings. The van der Waals surface area contributed by atoms with Crippen LogP contribution in [-0.2, 0) is 0 Å². The third-order valence-corrected chi connectivity index (χ3v) is 6.17. The highest BCUT2D eigenvalue weighted by Crippen LogP contribution is 2.33. The van der Waals surface area contributed by atoms with Crippen molar-refractivity contribution in [3.05, 3.63) is 54.5 Å². The molecule has 5 aromatic rings. The van der Waals surface area contributed by atoms with Crippen molar-refractivity contribution in [2.45, 2.75) is 26.2 Å². The molecule has 0 radical (unpaired) electrons. The zero-order valence-corrected chi connectivity index (χ0v) is 17.4. The van der Waals surface area contributed by atoms with Crippen LogP contribution >= 0.6 is 0 Å². The SMILES string of the molecule is Cc1ccncc1-c1cc2c(-c3nc4c(N5CCCCC5)cccc4[nH]3)n[nH]c2cn1. The van der Waals surface area contributed by atoms with Gasteiger partial charge in [-0.1, -0.05) is 6.07 Å². The van der Waals surface area contributed by atoms with Gasteiger partial charge < -0.3 is 9.88 Å². The molecule has 154 valence electrons. The Bertz CT molecular complexity index is 1390. The number of benzene rings is 1. The number of fused-ring (bicyclic) bond motifs is 2. The van der Waals surface area contributed by atoms with E-state index in [-0.39, 0.29) is 0 Å². The Hall–Kier alpha value is -3.74. The molecular weight excluding hydrogens is 386 g/mol. The first-order valence-corrected chi connectivity index (χ1v) is 10.8. The van der Waals surface area contributed by atoms with Crippen LogP contribution in [0.5, 0.6) is 0 Å². The van der Waals surface area contributed by atoms with E-state index in [1.165, 1.54) is 24.9 Å². The van der Waals surface area contributed by atoms with E-state index in [0.29, 0.717) is 0 Å². The number of pyridine rings is 2. The maximum Gasteiger partial charge on any atom is 0.159 e. The largest absolute Gasteiger partial charge is 0.370 e.